The molecule has 1 aromatic rings. The number of morpholine rings is 1. The molecule has 4 heteroatoms. The molecule has 1 aromatic heterocycles. The summed E-state index contributed by atoms with van der Waals surface area (Å²) >= 11 is 1.78. The van der Waals surface area contributed by atoms with Crippen molar-refractivity contribution in [1.29, 1.82) is 0 Å². The van der Waals surface area contributed by atoms with E-state index in [1.807, 2.05) is 0 Å². The first-order chi connectivity index (χ1) is 7.86. The Bertz CT molecular complexity index is 308. The fourth-order valence-electron chi connectivity index (χ4n) is 1.87. The molecule has 2 N–H and O–H groups in total. The lowest BCUT2D eigenvalue weighted by Gasteiger charge is -2.23. The molecule has 2 heterocycles. The van der Waals surface area contributed by atoms with Crippen LogP contribution in [0, 0.1) is 6.92 Å². The molecule has 1 aliphatic heterocycles. The van der Waals surface area contributed by atoms with E-state index < -0.39 is 0 Å². The Hall–Kier alpha value is -0.420. The van der Waals surface area contributed by atoms with E-state index in [-0.39, 0.29) is 0 Å². The van der Waals surface area contributed by atoms with Gasteiger partial charge in [-0.2, -0.15) is 11.3 Å². The second-order valence-electron chi connectivity index (χ2n) is 4.27. The minimum atomic E-state index is 0.532. The summed E-state index contributed by atoms with van der Waals surface area (Å²) in [5, 5.41) is 11.4. The predicted octanol–water partition coefficient (Wildman–Crippen LogP) is 1.52. The number of thiophene rings is 1. The highest BCUT2D eigenvalue weighted by Crippen LogP contribution is 2.12. The Morgan fingerprint density at radius 2 is 2.50 bits per heavy atom. The maximum Gasteiger partial charge on any atom is 0.0620 e. The molecule has 1 fully saturated rings. The summed E-state index contributed by atoms with van der Waals surface area (Å²) in [6.45, 7) is 6.93. The standard InChI is InChI=1S/C12H20N2OS/c1-10-8-16-9-11(10)6-13-3-2-12-7-15-5-4-14-12/h8-9,12-14H,2-7H2,1H3. The fraction of sp³-hybridized carbons (Fsp3) is 0.667. The summed E-state index contributed by atoms with van der Waals surface area (Å²) in [7, 11) is 0. The zero-order chi connectivity index (χ0) is 11.2. The van der Waals surface area contributed by atoms with Crippen molar-refractivity contribution in [1.82, 2.24) is 10.6 Å². The average molecular weight is 240 g/mol. The second kappa shape index (κ2) is 6.35. The first-order valence-corrected chi connectivity index (χ1v) is 6.84. The van der Waals surface area contributed by atoms with Crippen LogP contribution in [-0.4, -0.2) is 32.3 Å². The molecule has 0 spiro atoms. The van der Waals surface area contributed by atoms with E-state index in [1.165, 1.54) is 11.1 Å². The van der Waals surface area contributed by atoms with Gasteiger partial charge in [0.1, 0.15) is 0 Å². The summed E-state index contributed by atoms with van der Waals surface area (Å²) in [5.41, 5.74) is 2.83. The Kier molecular flexibility index (Phi) is 4.78. The minimum absolute atomic E-state index is 0.532. The second-order valence-corrected chi connectivity index (χ2v) is 5.02. The molecule has 16 heavy (non-hydrogen) atoms. The van der Waals surface area contributed by atoms with Gasteiger partial charge in [0.25, 0.3) is 0 Å². The number of rotatable bonds is 5. The number of aryl methyl sites for hydroxylation is 1. The number of hydrogen-bond acceptors (Lipinski definition) is 4. The average Bonchev–Trinajstić information content (AvgIpc) is 2.72. The van der Waals surface area contributed by atoms with Crippen molar-refractivity contribution in [3.8, 4) is 0 Å². The van der Waals surface area contributed by atoms with Crippen LogP contribution in [-0.2, 0) is 11.3 Å². The molecule has 1 aliphatic rings. The molecule has 0 amide bonds. The molecule has 0 bridgehead atoms. The predicted molar refractivity (Wildman–Crippen MR) is 68.0 cm³/mol. The first kappa shape index (κ1) is 12.0. The van der Waals surface area contributed by atoms with Gasteiger partial charge < -0.3 is 15.4 Å². The highest BCUT2D eigenvalue weighted by molar-refractivity contribution is 7.08. The molecule has 90 valence electrons. The van der Waals surface area contributed by atoms with Crippen LogP contribution in [0.4, 0.5) is 0 Å². The minimum Gasteiger partial charge on any atom is -0.379 e. The lowest BCUT2D eigenvalue weighted by Crippen LogP contribution is -2.42. The van der Waals surface area contributed by atoms with Crippen molar-refractivity contribution in [3.05, 3.63) is 21.9 Å². The molecule has 0 radical (unpaired) electrons. The van der Waals surface area contributed by atoms with Gasteiger partial charge in [0.15, 0.2) is 0 Å². The van der Waals surface area contributed by atoms with Crippen LogP contribution < -0.4 is 10.6 Å². The van der Waals surface area contributed by atoms with E-state index in [0.717, 1.165) is 39.3 Å². The normalized spacial score (nSPS) is 21.2. The van der Waals surface area contributed by atoms with Gasteiger partial charge in [-0.3, -0.25) is 0 Å². The third-order valence-electron chi connectivity index (χ3n) is 2.95. The van der Waals surface area contributed by atoms with Gasteiger partial charge in [0, 0.05) is 19.1 Å². The monoisotopic (exact) mass is 240 g/mol. The summed E-state index contributed by atoms with van der Waals surface area (Å²) in [4.78, 5) is 0. The lowest BCUT2D eigenvalue weighted by atomic mass is 10.2. The molecule has 1 atom stereocenters. The van der Waals surface area contributed by atoms with Crippen molar-refractivity contribution in [2.75, 3.05) is 26.3 Å². The molecule has 0 saturated carbocycles. The van der Waals surface area contributed by atoms with Gasteiger partial charge in [-0.25, -0.2) is 0 Å². The van der Waals surface area contributed by atoms with Gasteiger partial charge in [-0.05, 0) is 41.8 Å². The number of ether oxygens (including phenoxy) is 1. The van der Waals surface area contributed by atoms with Crippen molar-refractivity contribution >= 4 is 11.3 Å². The highest BCUT2D eigenvalue weighted by atomic mass is 32.1. The van der Waals surface area contributed by atoms with Crippen LogP contribution in [0.1, 0.15) is 17.5 Å². The summed E-state index contributed by atoms with van der Waals surface area (Å²) in [6.07, 6.45) is 1.14. The highest BCUT2D eigenvalue weighted by Gasteiger charge is 2.11. The van der Waals surface area contributed by atoms with E-state index in [4.69, 9.17) is 4.74 Å². The molecule has 1 unspecified atom stereocenters. The maximum atomic E-state index is 5.42. The summed E-state index contributed by atoms with van der Waals surface area (Å²) < 4.78 is 5.42. The van der Waals surface area contributed by atoms with Crippen molar-refractivity contribution in [3.63, 3.8) is 0 Å². The zero-order valence-electron chi connectivity index (χ0n) is 9.79. The van der Waals surface area contributed by atoms with Crippen LogP contribution in [0.15, 0.2) is 10.8 Å². The van der Waals surface area contributed by atoms with E-state index in [1.54, 1.807) is 11.3 Å². The molecule has 2 rings (SSSR count). The maximum absolute atomic E-state index is 5.42. The molecule has 3 nitrogen and oxygen atoms in total. The van der Waals surface area contributed by atoms with Gasteiger partial charge in [-0.15, -0.1) is 0 Å². The topological polar surface area (TPSA) is 33.3 Å². The van der Waals surface area contributed by atoms with Crippen LogP contribution in [0.5, 0.6) is 0 Å². The molecule has 1 saturated heterocycles. The van der Waals surface area contributed by atoms with Crippen molar-refractivity contribution in [2.24, 2.45) is 0 Å². The van der Waals surface area contributed by atoms with Crippen LogP contribution in [0.2, 0.25) is 0 Å². The largest absolute Gasteiger partial charge is 0.379 e. The van der Waals surface area contributed by atoms with Crippen molar-refractivity contribution in [2.45, 2.75) is 25.9 Å². The van der Waals surface area contributed by atoms with Crippen LogP contribution >= 0.6 is 11.3 Å². The molecular weight excluding hydrogens is 220 g/mol. The fourth-order valence-corrected chi connectivity index (χ4v) is 2.73. The van der Waals surface area contributed by atoms with E-state index in [0.29, 0.717) is 6.04 Å². The van der Waals surface area contributed by atoms with E-state index in [2.05, 4.69) is 28.3 Å². The third-order valence-corrected chi connectivity index (χ3v) is 3.86. The molecule has 0 aromatic carbocycles. The summed E-state index contributed by atoms with van der Waals surface area (Å²) in [6, 6.07) is 0.532. The number of nitrogens with one attached hydrogen (secondary N) is 2. The van der Waals surface area contributed by atoms with Gasteiger partial charge in [0.05, 0.1) is 13.2 Å². The Labute approximate surface area is 101 Å². The van der Waals surface area contributed by atoms with Gasteiger partial charge in [0.2, 0.25) is 0 Å². The third kappa shape index (κ3) is 3.56. The molecule has 0 aliphatic carbocycles. The van der Waals surface area contributed by atoms with E-state index in [9.17, 15) is 0 Å². The smallest absolute Gasteiger partial charge is 0.0620 e. The number of hydrogen-bond donors (Lipinski definition) is 2. The SMILES string of the molecule is Cc1cscc1CNCCC1COCCN1. The Morgan fingerprint density at radius 3 is 3.19 bits per heavy atom. The van der Waals surface area contributed by atoms with Crippen LogP contribution in [0.25, 0.3) is 0 Å². The van der Waals surface area contributed by atoms with Gasteiger partial charge >= 0.3 is 0 Å². The first-order valence-electron chi connectivity index (χ1n) is 5.90. The van der Waals surface area contributed by atoms with E-state index >= 15 is 0 Å². The van der Waals surface area contributed by atoms with Crippen LogP contribution in [0.3, 0.4) is 0 Å². The molecular formula is C12H20N2OS. The summed E-state index contributed by atoms with van der Waals surface area (Å²) in [5.74, 6) is 0. The lowest BCUT2D eigenvalue weighted by molar-refractivity contribution is 0.0742. The van der Waals surface area contributed by atoms with Gasteiger partial charge in [-0.1, -0.05) is 0 Å². The Morgan fingerprint density at radius 1 is 1.56 bits per heavy atom. The van der Waals surface area contributed by atoms with Crippen molar-refractivity contribution < 1.29 is 4.74 Å². The zero-order valence-corrected chi connectivity index (χ0v) is 10.6. The Balaban J connectivity index is 1.59. The quantitative estimate of drug-likeness (QED) is 0.766.